The molecule has 0 saturated heterocycles. The van der Waals surface area contributed by atoms with Gasteiger partial charge in [0.15, 0.2) is 0 Å². The van der Waals surface area contributed by atoms with E-state index in [2.05, 4.69) is 15.3 Å². The molecule has 100 valence electrons. The molecule has 1 N–H and O–H groups in total. The maximum absolute atomic E-state index is 13.1. The first-order valence-electron chi connectivity index (χ1n) is 5.80. The number of aromatic nitrogens is 2. The average molecular weight is 282 g/mol. The standard InChI is InChI=1S/C13H13ClFN3O/c1-3-16-12-8(2)13(18-7-17-12)19-9-4-5-11(15)10(14)6-9/h4-7H,3H2,1-2H3,(H,16,17,18). The van der Waals surface area contributed by atoms with Crippen molar-refractivity contribution in [3.05, 3.63) is 40.9 Å². The second-order valence-corrected chi connectivity index (χ2v) is 4.27. The zero-order valence-electron chi connectivity index (χ0n) is 10.6. The number of hydrogen-bond donors (Lipinski definition) is 1. The molecule has 19 heavy (non-hydrogen) atoms. The molecule has 1 heterocycles. The molecule has 0 atom stereocenters. The Bertz CT molecular complexity index is 592. The lowest BCUT2D eigenvalue weighted by Gasteiger charge is -2.11. The Hall–Kier alpha value is -1.88. The van der Waals surface area contributed by atoms with E-state index in [9.17, 15) is 4.39 Å². The van der Waals surface area contributed by atoms with E-state index in [1.807, 2.05) is 13.8 Å². The summed E-state index contributed by atoms with van der Waals surface area (Å²) in [4.78, 5) is 8.17. The van der Waals surface area contributed by atoms with Crippen molar-refractivity contribution >= 4 is 17.4 Å². The summed E-state index contributed by atoms with van der Waals surface area (Å²) in [5.41, 5.74) is 0.782. The van der Waals surface area contributed by atoms with Gasteiger partial charge in [-0.3, -0.25) is 0 Å². The summed E-state index contributed by atoms with van der Waals surface area (Å²) in [6.07, 6.45) is 1.41. The molecule has 0 aliphatic rings. The van der Waals surface area contributed by atoms with Crippen molar-refractivity contribution in [3.63, 3.8) is 0 Å². The lowest BCUT2D eigenvalue weighted by atomic mass is 10.3. The van der Waals surface area contributed by atoms with Crippen LogP contribution in [0.2, 0.25) is 5.02 Å². The van der Waals surface area contributed by atoms with E-state index in [-0.39, 0.29) is 5.02 Å². The molecule has 4 nitrogen and oxygen atoms in total. The fourth-order valence-corrected chi connectivity index (χ4v) is 1.71. The minimum Gasteiger partial charge on any atom is -0.439 e. The van der Waals surface area contributed by atoms with Gasteiger partial charge in [-0.25, -0.2) is 14.4 Å². The minimum atomic E-state index is -0.484. The summed E-state index contributed by atoms with van der Waals surface area (Å²) < 4.78 is 18.6. The lowest BCUT2D eigenvalue weighted by molar-refractivity contribution is 0.456. The van der Waals surface area contributed by atoms with Crippen LogP contribution in [0.1, 0.15) is 12.5 Å². The van der Waals surface area contributed by atoms with Gasteiger partial charge in [0, 0.05) is 12.6 Å². The SMILES string of the molecule is CCNc1ncnc(Oc2ccc(F)c(Cl)c2)c1C. The van der Waals surface area contributed by atoms with Gasteiger partial charge in [0.1, 0.15) is 23.7 Å². The fraction of sp³-hybridized carbons (Fsp3) is 0.231. The van der Waals surface area contributed by atoms with Crippen LogP contribution in [0.15, 0.2) is 24.5 Å². The molecule has 1 aromatic carbocycles. The summed E-state index contributed by atoms with van der Waals surface area (Å²) in [6.45, 7) is 4.57. The Balaban J connectivity index is 2.27. The average Bonchev–Trinajstić information content (AvgIpc) is 2.39. The molecule has 0 aliphatic carbocycles. The van der Waals surface area contributed by atoms with Crippen LogP contribution in [0.4, 0.5) is 10.2 Å². The number of halogens is 2. The van der Waals surface area contributed by atoms with Crippen LogP contribution in [-0.4, -0.2) is 16.5 Å². The first kappa shape index (κ1) is 13.5. The monoisotopic (exact) mass is 281 g/mol. The van der Waals surface area contributed by atoms with Crippen LogP contribution in [0, 0.1) is 12.7 Å². The molecule has 0 fully saturated rings. The predicted molar refractivity (Wildman–Crippen MR) is 72.4 cm³/mol. The van der Waals surface area contributed by atoms with Gasteiger partial charge >= 0.3 is 0 Å². The van der Waals surface area contributed by atoms with E-state index in [0.29, 0.717) is 17.4 Å². The number of rotatable bonds is 4. The van der Waals surface area contributed by atoms with Crippen molar-refractivity contribution < 1.29 is 9.13 Å². The van der Waals surface area contributed by atoms with Crippen molar-refractivity contribution in [2.24, 2.45) is 0 Å². The van der Waals surface area contributed by atoms with E-state index < -0.39 is 5.82 Å². The zero-order valence-corrected chi connectivity index (χ0v) is 11.3. The van der Waals surface area contributed by atoms with Crippen LogP contribution in [0.25, 0.3) is 0 Å². The number of anilines is 1. The van der Waals surface area contributed by atoms with Crippen molar-refractivity contribution in [2.45, 2.75) is 13.8 Å². The van der Waals surface area contributed by atoms with Crippen LogP contribution in [0.3, 0.4) is 0 Å². The van der Waals surface area contributed by atoms with Gasteiger partial charge in [-0.15, -0.1) is 0 Å². The summed E-state index contributed by atoms with van der Waals surface area (Å²) in [5.74, 6) is 1.06. The van der Waals surface area contributed by atoms with Gasteiger partial charge in [-0.05, 0) is 26.0 Å². The highest BCUT2D eigenvalue weighted by Gasteiger charge is 2.09. The highest BCUT2D eigenvalue weighted by atomic mass is 35.5. The highest BCUT2D eigenvalue weighted by Crippen LogP contribution is 2.28. The normalized spacial score (nSPS) is 10.3. The molecule has 0 unspecified atom stereocenters. The largest absolute Gasteiger partial charge is 0.439 e. The predicted octanol–water partition coefficient (Wildman–Crippen LogP) is 3.80. The molecule has 1 aromatic heterocycles. The molecule has 2 rings (SSSR count). The number of ether oxygens (including phenoxy) is 1. The molecule has 0 bridgehead atoms. The molecule has 0 radical (unpaired) electrons. The summed E-state index contributed by atoms with van der Waals surface area (Å²) >= 11 is 5.70. The first-order valence-corrected chi connectivity index (χ1v) is 6.18. The van der Waals surface area contributed by atoms with Crippen LogP contribution < -0.4 is 10.1 Å². The van der Waals surface area contributed by atoms with Crippen LogP contribution in [0.5, 0.6) is 11.6 Å². The summed E-state index contributed by atoms with van der Waals surface area (Å²) in [5, 5.41) is 3.12. The Kier molecular flexibility index (Phi) is 4.16. The molecule has 0 aliphatic heterocycles. The Morgan fingerprint density at radius 2 is 2.16 bits per heavy atom. The van der Waals surface area contributed by atoms with Gasteiger partial charge in [0.2, 0.25) is 5.88 Å². The molecule has 2 aromatic rings. The van der Waals surface area contributed by atoms with E-state index in [4.69, 9.17) is 16.3 Å². The fourth-order valence-electron chi connectivity index (χ4n) is 1.53. The Labute approximate surface area is 115 Å². The summed E-state index contributed by atoms with van der Waals surface area (Å²) in [6, 6.07) is 4.15. The third-order valence-corrected chi connectivity index (χ3v) is 2.78. The van der Waals surface area contributed by atoms with Gasteiger partial charge in [0.25, 0.3) is 0 Å². The topological polar surface area (TPSA) is 47.0 Å². The zero-order chi connectivity index (χ0) is 13.8. The van der Waals surface area contributed by atoms with E-state index in [1.165, 1.54) is 24.5 Å². The third kappa shape index (κ3) is 3.12. The highest BCUT2D eigenvalue weighted by molar-refractivity contribution is 6.30. The molecule has 6 heteroatoms. The minimum absolute atomic E-state index is 0.0103. The summed E-state index contributed by atoms with van der Waals surface area (Å²) in [7, 11) is 0. The van der Waals surface area contributed by atoms with E-state index >= 15 is 0 Å². The van der Waals surface area contributed by atoms with Gasteiger partial charge in [-0.2, -0.15) is 0 Å². The quantitative estimate of drug-likeness (QED) is 0.926. The maximum Gasteiger partial charge on any atom is 0.227 e. The smallest absolute Gasteiger partial charge is 0.227 e. The van der Waals surface area contributed by atoms with Crippen molar-refractivity contribution in [2.75, 3.05) is 11.9 Å². The first-order chi connectivity index (χ1) is 9.11. The number of nitrogens with one attached hydrogen (secondary N) is 1. The van der Waals surface area contributed by atoms with Gasteiger partial charge in [0.05, 0.1) is 10.6 Å². The molecule has 0 amide bonds. The number of hydrogen-bond acceptors (Lipinski definition) is 4. The molecule has 0 spiro atoms. The maximum atomic E-state index is 13.1. The number of benzene rings is 1. The second-order valence-electron chi connectivity index (χ2n) is 3.86. The molecule has 0 saturated carbocycles. The van der Waals surface area contributed by atoms with E-state index in [1.54, 1.807) is 0 Å². The van der Waals surface area contributed by atoms with E-state index in [0.717, 1.165) is 12.1 Å². The van der Waals surface area contributed by atoms with Crippen molar-refractivity contribution in [1.29, 1.82) is 0 Å². The third-order valence-electron chi connectivity index (χ3n) is 2.49. The van der Waals surface area contributed by atoms with Gasteiger partial charge in [-0.1, -0.05) is 11.6 Å². The van der Waals surface area contributed by atoms with Crippen LogP contribution >= 0.6 is 11.6 Å². The Morgan fingerprint density at radius 1 is 1.37 bits per heavy atom. The van der Waals surface area contributed by atoms with Crippen LogP contribution in [-0.2, 0) is 0 Å². The number of nitrogens with zero attached hydrogens (tertiary/aromatic N) is 2. The lowest BCUT2D eigenvalue weighted by Crippen LogP contribution is -2.03. The molecular weight excluding hydrogens is 269 g/mol. The van der Waals surface area contributed by atoms with Crippen molar-refractivity contribution in [1.82, 2.24) is 9.97 Å². The Morgan fingerprint density at radius 3 is 2.84 bits per heavy atom. The second kappa shape index (κ2) is 5.84. The van der Waals surface area contributed by atoms with Crippen molar-refractivity contribution in [3.8, 4) is 11.6 Å². The van der Waals surface area contributed by atoms with Gasteiger partial charge < -0.3 is 10.1 Å². The molecular formula is C13H13ClFN3O.